The van der Waals surface area contributed by atoms with Gasteiger partial charge in [0.25, 0.3) is 0 Å². The molecular formula is C25H21ClN4O4. The molecule has 3 aliphatic rings. The van der Waals surface area contributed by atoms with Gasteiger partial charge in [-0.1, -0.05) is 11.6 Å². The first kappa shape index (κ1) is 20.8. The maximum absolute atomic E-state index is 12.5. The predicted molar refractivity (Wildman–Crippen MR) is 127 cm³/mol. The summed E-state index contributed by atoms with van der Waals surface area (Å²) in [5.41, 5.74) is 3.49. The third-order valence-electron chi connectivity index (χ3n) is 6.39. The molecule has 1 aromatic heterocycles. The number of pyridine rings is 1. The monoisotopic (exact) mass is 476 g/mol. The Bertz CT molecular complexity index is 1340. The molecule has 3 amide bonds. The van der Waals surface area contributed by atoms with Gasteiger partial charge < -0.3 is 25.4 Å². The van der Waals surface area contributed by atoms with Crippen LogP contribution < -0.4 is 25.4 Å². The lowest BCUT2D eigenvalue weighted by atomic mass is 10.1. The zero-order valence-electron chi connectivity index (χ0n) is 18.2. The highest BCUT2D eigenvalue weighted by Gasteiger charge is 2.59. The molecule has 3 atom stereocenters. The van der Waals surface area contributed by atoms with E-state index in [1.807, 2.05) is 25.1 Å². The van der Waals surface area contributed by atoms with Gasteiger partial charge in [0.05, 0.1) is 12.0 Å². The number of nitrogens with zero attached hydrogens (tertiary/aromatic N) is 1. The predicted octanol–water partition coefficient (Wildman–Crippen LogP) is 4.77. The van der Waals surface area contributed by atoms with E-state index in [0.717, 1.165) is 22.4 Å². The minimum absolute atomic E-state index is 0.0413. The molecule has 1 saturated carbocycles. The van der Waals surface area contributed by atoms with E-state index in [-0.39, 0.29) is 30.0 Å². The number of ether oxygens (including phenoxy) is 2. The second-order valence-corrected chi connectivity index (χ2v) is 9.11. The third-order valence-corrected chi connectivity index (χ3v) is 6.63. The Morgan fingerprint density at radius 1 is 1.21 bits per heavy atom. The summed E-state index contributed by atoms with van der Waals surface area (Å²) in [6.07, 6.45) is 2.51. The van der Waals surface area contributed by atoms with Crippen LogP contribution in [0.2, 0.25) is 5.02 Å². The largest absolute Gasteiger partial charge is 0.487 e. The molecule has 1 aliphatic carbocycles. The van der Waals surface area contributed by atoms with Crippen molar-refractivity contribution in [1.29, 1.82) is 0 Å². The van der Waals surface area contributed by atoms with Crippen molar-refractivity contribution in [3.8, 4) is 17.2 Å². The second kappa shape index (κ2) is 7.92. The first-order chi connectivity index (χ1) is 16.5. The number of hydrogen-bond donors (Lipinski definition) is 3. The Morgan fingerprint density at radius 2 is 2.09 bits per heavy atom. The van der Waals surface area contributed by atoms with Crippen molar-refractivity contribution in [2.75, 3.05) is 10.6 Å². The molecule has 3 aromatic rings. The number of halogens is 1. The number of benzene rings is 2. The average Bonchev–Trinajstić information content (AvgIpc) is 3.32. The number of carbonyl (C=O) groups is 2. The summed E-state index contributed by atoms with van der Waals surface area (Å²) in [5, 5.41) is 9.29. The standard InChI is InChI=1S/C25H21ClN4O4/c1-12-10-13(26)2-5-17(12)28-25(32)30-22-21-16-11-14(3-6-18(16)34-23(21)22)33-19-8-9-27-24-15(19)4-7-20(31)29-24/h2-3,5-6,8-11,21-23H,4,7H2,1H3,(H,27,29,31)(H2,28,30,32)/t21-,22-,23?/m0/s1. The van der Waals surface area contributed by atoms with Crippen LogP contribution in [0.4, 0.5) is 16.3 Å². The topological polar surface area (TPSA) is 102 Å². The summed E-state index contributed by atoms with van der Waals surface area (Å²) in [5.74, 6) is 2.72. The molecule has 1 fully saturated rings. The Kier molecular flexibility index (Phi) is 4.84. The van der Waals surface area contributed by atoms with Gasteiger partial charge in [-0.15, -0.1) is 0 Å². The third kappa shape index (κ3) is 3.70. The van der Waals surface area contributed by atoms with Gasteiger partial charge in [-0.3, -0.25) is 4.79 Å². The molecule has 3 heterocycles. The van der Waals surface area contributed by atoms with Crippen LogP contribution in [0.5, 0.6) is 17.2 Å². The van der Waals surface area contributed by atoms with Gasteiger partial charge in [-0.05, 0) is 61.4 Å². The number of aromatic nitrogens is 1. The van der Waals surface area contributed by atoms with Crippen molar-refractivity contribution in [3.05, 3.63) is 70.4 Å². The lowest BCUT2D eigenvalue weighted by Crippen LogP contribution is -2.34. The molecule has 172 valence electrons. The number of nitrogens with one attached hydrogen (secondary N) is 3. The van der Waals surface area contributed by atoms with Gasteiger partial charge in [0.15, 0.2) is 0 Å². The lowest BCUT2D eigenvalue weighted by Gasteiger charge is -2.19. The van der Waals surface area contributed by atoms with E-state index in [0.29, 0.717) is 40.9 Å². The number of rotatable bonds is 4. The number of aryl methyl sites for hydroxylation is 1. The van der Waals surface area contributed by atoms with Gasteiger partial charge in [-0.25, -0.2) is 9.78 Å². The molecule has 34 heavy (non-hydrogen) atoms. The molecule has 3 N–H and O–H groups in total. The first-order valence-electron chi connectivity index (χ1n) is 11.1. The Labute approximate surface area is 200 Å². The minimum atomic E-state index is -0.284. The van der Waals surface area contributed by atoms with E-state index in [9.17, 15) is 9.59 Å². The van der Waals surface area contributed by atoms with E-state index in [1.54, 1.807) is 30.5 Å². The van der Waals surface area contributed by atoms with E-state index in [2.05, 4.69) is 20.9 Å². The summed E-state index contributed by atoms with van der Waals surface area (Å²) in [7, 11) is 0. The van der Waals surface area contributed by atoms with Crippen molar-refractivity contribution in [2.45, 2.75) is 37.8 Å². The summed E-state index contributed by atoms with van der Waals surface area (Å²) >= 11 is 5.99. The Hall–Kier alpha value is -3.78. The summed E-state index contributed by atoms with van der Waals surface area (Å²) in [4.78, 5) is 28.4. The quantitative estimate of drug-likeness (QED) is 0.503. The number of urea groups is 1. The summed E-state index contributed by atoms with van der Waals surface area (Å²) in [6, 6.07) is 12.4. The molecule has 0 saturated heterocycles. The molecule has 0 radical (unpaired) electrons. The maximum Gasteiger partial charge on any atom is 0.319 e. The fourth-order valence-electron chi connectivity index (χ4n) is 4.63. The first-order valence-corrected chi connectivity index (χ1v) is 11.4. The number of anilines is 2. The Morgan fingerprint density at radius 3 is 2.94 bits per heavy atom. The van der Waals surface area contributed by atoms with Crippen LogP contribution in [0, 0.1) is 6.92 Å². The van der Waals surface area contributed by atoms with E-state index < -0.39 is 0 Å². The van der Waals surface area contributed by atoms with E-state index in [1.165, 1.54) is 0 Å². The number of amides is 3. The number of fused-ring (bicyclic) bond motifs is 4. The van der Waals surface area contributed by atoms with Gasteiger partial charge in [0, 0.05) is 34.5 Å². The molecular weight excluding hydrogens is 456 g/mol. The van der Waals surface area contributed by atoms with Crippen molar-refractivity contribution < 1.29 is 19.1 Å². The van der Waals surface area contributed by atoms with Gasteiger partial charge in [-0.2, -0.15) is 0 Å². The van der Waals surface area contributed by atoms with Crippen LogP contribution in [0.25, 0.3) is 0 Å². The zero-order valence-corrected chi connectivity index (χ0v) is 19.0. The summed E-state index contributed by atoms with van der Waals surface area (Å²) in [6.45, 7) is 1.89. The van der Waals surface area contributed by atoms with Crippen molar-refractivity contribution in [1.82, 2.24) is 10.3 Å². The van der Waals surface area contributed by atoms with Gasteiger partial charge in [0.2, 0.25) is 5.91 Å². The molecule has 0 spiro atoms. The normalized spacial score (nSPS) is 21.4. The SMILES string of the molecule is Cc1cc(Cl)ccc1NC(=O)N[C@@H]1C2Oc3ccc(Oc4ccnc5c4CCC(=O)N5)cc3[C@H]21. The van der Waals surface area contributed by atoms with Crippen LogP contribution in [0.3, 0.4) is 0 Å². The molecule has 2 aliphatic heterocycles. The maximum atomic E-state index is 12.5. The van der Waals surface area contributed by atoms with Crippen LogP contribution in [0.1, 0.15) is 29.0 Å². The van der Waals surface area contributed by atoms with Crippen molar-refractivity contribution >= 4 is 35.0 Å². The number of carbonyl (C=O) groups excluding carboxylic acids is 2. The van der Waals surface area contributed by atoms with E-state index >= 15 is 0 Å². The van der Waals surface area contributed by atoms with E-state index in [4.69, 9.17) is 21.1 Å². The fourth-order valence-corrected chi connectivity index (χ4v) is 4.86. The van der Waals surface area contributed by atoms with Crippen LogP contribution in [-0.4, -0.2) is 29.1 Å². The van der Waals surface area contributed by atoms with Crippen LogP contribution in [-0.2, 0) is 11.2 Å². The Balaban J connectivity index is 1.15. The van der Waals surface area contributed by atoms with Crippen molar-refractivity contribution in [3.63, 3.8) is 0 Å². The second-order valence-electron chi connectivity index (χ2n) is 8.68. The van der Waals surface area contributed by atoms with Gasteiger partial charge in [0.1, 0.15) is 29.2 Å². The summed E-state index contributed by atoms with van der Waals surface area (Å²) < 4.78 is 12.2. The molecule has 6 rings (SSSR count). The molecule has 9 heteroatoms. The molecule has 0 bridgehead atoms. The van der Waals surface area contributed by atoms with Gasteiger partial charge >= 0.3 is 6.03 Å². The molecule has 1 unspecified atom stereocenters. The average molecular weight is 477 g/mol. The highest BCUT2D eigenvalue weighted by atomic mass is 35.5. The highest BCUT2D eigenvalue weighted by molar-refractivity contribution is 6.30. The fraction of sp³-hybridized carbons (Fsp3) is 0.240. The number of hydrogen-bond acceptors (Lipinski definition) is 5. The van der Waals surface area contributed by atoms with Crippen LogP contribution in [0.15, 0.2) is 48.7 Å². The van der Waals surface area contributed by atoms with Crippen LogP contribution >= 0.6 is 11.6 Å². The van der Waals surface area contributed by atoms with Crippen molar-refractivity contribution in [2.24, 2.45) is 0 Å². The highest BCUT2D eigenvalue weighted by Crippen LogP contribution is 2.54. The molecule has 2 aromatic carbocycles. The smallest absolute Gasteiger partial charge is 0.319 e. The minimum Gasteiger partial charge on any atom is -0.487 e. The zero-order chi connectivity index (χ0) is 23.4. The lowest BCUT2D eigenvalue weighted by molar-refractivity contribution is -0.116. The molecule has 8 nitrogen and oxygen atoms in total.